The van der Waals surface area contributed by atoms with E-state index in [0.29, 0.717) is 12.0 Å². The molecule has 0 aliphatic rings. The highest BCUT2D eigenvalue weighted by Crippen LogP contribution is 2.22. The quantitative estimate of drug-likeness (QED) is 0.907. The van der Waals surface area contributed by atoms with E-state index in [1.54, 1.807) is 24.3 Å². The lowest BCUT2D eigenvalue weighted by Gasteiger charge is -2.14. The Morgan fingerprint density at radius 1 is 1.05 bits per heavy atom. The van der Waals surface area contributed by atoms with Crippen LogP contribution in [-0.4, -0.2) is 6.61 Å². The predicted octanol–water partition coefficient (Wildman–Crippen LogP) is 3.67. The van der Waals surface area contributed by atoms with Crippen LogP contribution in [0.15, 0.2) is 48.5 Å². The van der Waals surface area contributed by atoms with Crippen molar-refractivity contribution in [3.63, 3.8) is 0 Å². The number of nitrogens with two attached hydrogens (primary N) is 1. The maximum atomic E-state index is 13.1. The van der Waals surface area contributed by atoms with Crippen LogP contribution in [0.3, 0.4) is 0 Å². The largest absolute Gasteiger partial charge is 0.435 e. The SMILES string of the molecule is NC(Cc1cccc(F)c1)c1cccc(OC(F)F)c1. The van der Waals surface area contributed by atoms with E-state index in [2.05, 4.69) is 4.74 Å². The van der Waals surface area contributed by atoms with Gasteiger partial charge in [0, 0.05) is 6.04 Å². The van der Waals surface area contributed by atoms with Crippen molar-refractivity contribution in [3.8, 4) is 5.75 Å². The van der Waals surface area contributed by atoms with Gasteiger partial charge in [-0.2, -0.15) is 8.78 Å². The fraction of sp³-hybridized carbons (Fsp3) is 0.200. The summed E-state index contributed by atoms with van der Waals surface area (Å²) >= 11 is 0. The molecule has 0 aliphatic heterocycles. The van der Waals surface area contributed by atoms with Gasteiger partial charge < -0.3 is 10.5 Å². The van der Waals surface area contributed by atoms with E-state index < -0.39 is 12.7 Å². The zero-order valence-corrected chi connectivity index (χ0v) is 10.6. The van der Waals surface area contributed by atoms with Gasteiger partial charge in [0.25, 0.3) is 0 Å². The van der Waals surface area contributed by atoms with Crippen LogP contribution in [0.5, 0.6) is 5.75 Å². The van der Waals surface area contributed by atoms with Gasteiger partial charge in [0.15, 0.2) is 0 Å². The first kappa shape index (κ1) is 14.4. The van der Waals surface area contributed by atoms with Crippen molar-refractivity contribution in [1.29, 1.82) is 0 Å². The topological polar surface area (TPSA) is 35.2 Å². The van der Waals surface area contributed by atoms with Crippen LogP contribution in [0.2, 0.25) is 0 Å². The molecule has 2 rings (SSSR count). The maximum Gasteiger partial charge on any atom is 0.387 e. The van der Waals surface area contributed by atoms with Gasteiger partial charge >= 0.3 is 6.61 Å². The molecule has 2 nitrogen and oxygen atoms in total. The van der Waals surface area contributed by atoms with Crippen LogP contribution >= 0.6 is 0 Å². The second-order valence-electron chi connectivity index (χ2n) is 4.39. The van der Waals surface area contributed by atoms with Gasteiger partial charge in [-0.25, -0.2) is 4.39 Å². The van der Waals surface area contributed by atoms with Crippen molar-refractivity contribution in [1.82, 2.24) is 0 Å². The Labute approximate surface area is 115 Å². The molecule has 20 heavy (non-hydrogen) atoms. The number of halogens is 3. The van der Waals surface area contributed by atoms with E-state index in [0.717, 1.165) is 5.56 Å². The molecule has 2 aromatic rings. The number of ether oxygens (including phenoxy) is 1. The summed E-state index contributed by atoms with van der Waals surface area (Å²) in [6, 6.07) is 11.9. The molecular weight excluding hydrogens is 267 g/mol. The van der Waals surface area contributed by atoms with Crippen LogP contribution in [-0.2, 0) is 6.42 Å². The Morgan fingerprint density at radius 2 is 1.80 bits per heavy atom. The monoisotopic (exact) mass is 281 g/mol. The van der Waals surface area contributed by atoms with E-state index in [9.17, 15) is 13.2 Å². The zero-order valence-electron chi connectivity index (χ0n) is 10.6. The Balaban J connectivity index is 2.10. The fourth-order valence-electron chi connectivity index (χ4n) is 1.96. The normalized spacial score (nSPS) is 12.4. The van der Waals surface area contributed by atoms with Crippen molar-refractivity contribution >= 4 is 0 Å². The Bertz CT molecular complexity index is 575. The van der Waals surface area contributed by atoms with E-state index in [-0.39, 0.29) is 11.6 Å². The minimum absolute atomic E-state index is 0.0622. The van der Waals surface area contributed by atoms with Gasteiger partial charge in [-0.1, -0.05) is 24.3 Å². The molecule has 106 valence electrons. The summed E-state index contributed by atoms with van der Waals surface area (Å²) in [6.45, 7) is -2.87. The minimum Gasteiger partial charge on any atom is -0.435 e. The van der Waals surface area contributed by atoms with Gasteiger partial charge in [-0.3, -0.25) is 0 Å². The van der Waals surface area contributed by atoms with Crippen LogP contribution in [0.25, 0.3) is 0 Å². The lowest BCUT2D eigenvalue weighted by atomic mass is 9.99. The van der Waals surface area contributed by atoms with Gasteiger partial charge in [0.1, 0.15) is 11.6 Å². The highest BCUT2D eigenvalue weighted by Gasteiger charge is 2.10. The van der Waals surface area contributed by atoms with Crippen molar-refractivity contribution in [2.45, 2.75) is 19.1 Å². The highest BCUT2D eigenvalue weighted by atomic mass is 19.3. The molecule has 0 amide bonds. The molecule has 1 unspecified atom stereocenters. The van der Waals surface area contributed by atoms with Crippen LogP contribution in [0.1, 0.15) is 17.2 Å². The summed E-state index contributed by atoms with van der Waals surface area (Å²) in [5, 5.41) is 0. The van der Waals surface area contributed by atoms with Gasteiger partial charge in [0.05, 0.1) is 0 Å². The third kappa shape index (κ3) is 3.99. The molecule has 0 aliphatic carbocycles. The van der Waals surface area contributed by atoms with E-state index >= 15 is 0 Å². The van der Waals surface area contributed by atoms with E-state index in [4.69, 9.17) is 5.73 Å². The van der Waals surface area contributed by atoms with Crippen LogP contribution < -0.4 is 10.5 Å². The number of rotatable bonds is 5. The molecule has 0 radical (unpaired) electrons. The summed E-state index contributed by atoms with van der Waals surface area (Å²) in [5.41, 5.74) is 7.42. The molecule has 5 heteroatoms. The molecule has 0 spiro atoms. The molecule has 1 atom stereocenters. The maximum absolute atomic E-state index is 13.1. The summed E-state index contributed by atoms with van der Waals surface area (Å²) in [5.74, 6) is -0.267. The summed E-state index contributed by atoms with van der Waals surface area (Å²) in [7, 11) is 0. The van der Waals surface area contributed by atoms with Crippen molar-refractivity contribution in [2.75, 3.05) is 0 Å². The number of hydrogen-bond donors (Lipinski definition) is 1. The summed E-state index contributed by atoms with van der Waals surface area (Å²) in [6.07, 6.45) is 0.413. The second kappa shape index (κ2) is 6.43. The molecule has 2 aromatic carbocycles. The highest BCUT2D eigenvalue weighted by molar-refractivity contribution is 5.31. The molecule has 0 heterocycles. The third-order valence-electron chi connectivity index (χ3n) is 2.86. The van der Waals surface area contributed by atoms with Crippen molar-refractivity contribution in [3.05, 3.63) is 65.5 Å². The fourth-order valence-corrected chi connectivity index (χ4v) is 1.96. The molecule has 0 bridgehead atoms. The molecule has 0 saturated heterocycles. The number of alkyl halides is 2. The summed E-state index contributed by atoms with van der Waals surface area (Å²) < 4.78 is 41.7. The molecule has 2 N–H and O–H groups in total. The molecular formula is C15H14F3NO. The van der Waals surface area contributed by atoms with Crippen LogP contribution in [0, 0.1) is 5.82 Å². The average Bonchev–Trinajstić information content (AvgIpc) is 2.38. The third-order valence-corrected chi connectivity index (χ3v) is 2.86. The minimum atomic E-state index is -2.87. The first-order valence-electron chi connectivity index (χ1n) is 6.09. The van der Waals surface area contributed by atoms with Gasteiger partial charge in [0.2, 0.25) is 0 Å². The Kier molecular flexibility index (Phi) is 4.63. The van der Waals surface area contributed by atoms with E-state index in [1.807, 2.05) is 0 Å². The molecule has 0 saturated carbocycles. The Hall–Kier alpha value is -2.01. The molecule has 0 fully saturated rings. The zero-order chi connectivity index (χ0) is 14.5. The van der Waals surface area contributed by atoms with Gasteiger partial charge in [-0.15, -0.1) is 0 Å². The van der Waals surface area contributed by atoms with Crippen LogP contribution in [0.4, 0.5) is 13.2 Å². The standard InChI is InChI=1S/C15H14F3NO/c16-12-5-1-3-10(7-12)8-14(19)11-4-2-6-13(9-11)20-15(17)18/h1-7,9,14-15H,8,19H2. The van der Waals surface area contributed by atoms with Gasteiger partial charge in [-0.05, 0) is 41.8 Å². The molecule has 0 aromatic heterocycles. The Morgan fingerprint density at radius 3 is 2.50 bits per heavy atom. The van der Waals surface area contributed by atoms with E-state index in [1.165, 1.54) is 24.3 Å². The number of benzene rings is 2. The smallest absolute Gasteiger partial charge is 0.387 e. The second-order valence-corrected chi connectivity index (χ2v) is 4.39. The predicted molar refractivity (Wildman–Crippen MR) is 70.1 cm³/mol. The average molecular weight is 281 g/mol. The lowest BCUT2D eigenvalue weighted by molar-refractivity contribution is -0.0499. The van der Waals surface area contributed by atoms with Crippen molar-refractivity contribution in [2.24, 2.45) is 5.73 Å². The van der Waals surface area contributed by atoms with Crippen molar-refractivity contribution < 1.29 is 17.9 Å². The number of hydrogen-bond acceptors (Lipinski definition) is 2. The summed E-state index contributed by atoms with van der Waals surface area (Å²) in [4.78, 5) is 0. The first-order chi connectivity index (χ1) is 9.54. The lowest BCUT2D eigenvalue weighted by Crippen LogP contribution is -2.13. The first-order valence-corrected chi connectivity index (χ1v) is 6.09.